The lowest BCUT2D eigenvalue weighted by Gasteiger charge is -2.38. The molecular formula is C30H35N3S. The van der Waals surface area contributed by atoms with Gasteiger partial charge in [0.05, 0.1) is 0 Å². The molecule has 3 aromatic carbocycles. The molecule has 1 heterocycles. The van der Waals surface area contributed by atoms with Crippen molar-refractivity contribution >= 4 is 29.0 Å². The Kier molecular flexibility index (Phi) is 8.37. The van der Waals surface area contributed by atoms with Crippen molar-refractivity contribution in [1.82, 2.24) is 4.72 Å². The van der Waals surface area contributed by atoms with Gasteiger partial charge in [0.1, 0.15) is 0 Å². The number of hydrogen-bond donors (Lipinski definition) is 2. The van der Waals surface area contributed by atoms with Gasteiger partial charge in [0.2, 0.25) is 0 Å². The first-order chi connectivity index (χ1) is 16.7. The predicted octanol–water partition coefficient (Wildman–Crippen LogP) is 7.75. The van der Waals surface area contributed by atoms with Crippen LogP contribution in [0.2, 0.25) is 0 Å². The Bertz CT molecular complexity index is 1090. The molecule has 4 heteroatoms. The Morgan fingerprint density at radius 2 is 1.68 bits per heavy atom. The Hall–Kier alpha value is -3.11. The van der Waals surface area contributed by atoms with Crippen LogP contribution >= 0.6 is 11.9 Å². The summed E-state index contributed by atoms with van der Waals surface area (Å²) in [6.45, 7) is 13.1. The summed E-state index contributed by atoms with van der Waals surface area (Å²) in [5.74, 6) is 0.332. The highest BCUT2D eigenvalue weighted by atomic mass is 32.2. The zero-order valence-electron chi connectivity index (χ0n) is 20.1. The number of nitrogens with one attached hydrogen (secondary N) is 2. The van der Waals surface area contributed by atoms with Crippen molar-refractivity contribution in [2.75, 3.05) is 23.3 Å². The van der Waals surface area contributed by atoms with E-state index in [2.05, 4.69) is 89.6 Å². The predicted molar refractivity (Wildman–Crippen MR) is 149 cm³/mol. The Morgan fingerprint density at radius 3 is 2.41 bits per heavy atom. The molecule has 1 aliphatic heterocycles. The zero-order chi connectivity index (χ0) is 23.8. The highest BCUT2D eigenvalue weighted by Crippen LogP contribution is 2.38. The van der Waals surface area contributed by atoms with Crippen molar-refractivity contribution in [3.63, 3.8) is 0 Å². The zero-order valence-corrected chi connectivity index (χ0v) is 20.9. The molecular weight excluding hydrogens is 434 g/mol. The van der Waals surface area contributed by atoms with Gasteiger partial charge in [0, 0.05) is 46.7 Å². The van der Waals surface area contributed by atoms with Crippen molar-refractivity contribution in [1.29, 1.82) is 0 Å². The molecule has 4 rings (SSSR count). The van der Waals surface area contributed by atoms with Crippen LogP contribution in [-0.2, 0) is 6.42 Å². The minimum atomic E-state index is 0.332. The van der Waals surface area contributed by atoms with E-state index >= 15 is 0 Å². The van der Waals surface area contributed by atoms with Gasteiger partial charge >= 0.3 is 0 Å². The van der Waals surface area contributed by atoms with E-state index in [1.165, 1.54) is 35.4 Å². The molecule has 0 radical (unpaired) electrons. The quantitative estimate of drug-likeness (QED) is 0.222. The van der Waals surface area contributed by atoms with E-state index in [4.69, 9.17) is 0 Å². The molecule has 0 aliphatic carbocycles. The first-order valence-corrected chi connectivity index (χ1v) is 13.0. The summed E-state index contributed by atoms with van der Waals surface area (Å²) >= 11 is 1.64. The molecule has 3 aromatic rings. The van der Waals surface area contributed by atoms with Crippen LogP contribution in [0.15, 0.2) is 103 Å². The van der Waals surface area contributed by atoms with Crippen molar-refractivity contribution in [3.05, 3.63) is 109 Å². The summed E-state index contributed by atoms with van der Waals surface area (Å²) in [7, 11) is 0. The molecule has 176 valence electrons. The van der Waals surface area contributed by atoms with Gasteiger partial charge in [0.25, 0.3) is 0 Å². The van der Waals surface area contributed by atoms with Crippen molar-refractivity contribution in [3.8, 4) is 0 Å². The SMILES string of the molecule is C=C(Nc1cccc2c1CC(C(=C)NSc1ccccc1)CN2CCCCC)c1ccccc1. The van der Waals surface area contributed by atoms with E-state index in [-0.39, 0.29) is 0 Å². The summed E-state index contributed by atoms with van der Waals surface area (Å²) in [4.78, 5) is 3.75. The second-order valence-corrected chi connectivity index (χ2v) is 9.75. The molecule has 1 aliphatic rings. The molecule has 0 aromatic heterocycles. The summed E-state index contributed by atoms with van der Waals surface area (Å²) < 4.78 is 3.53. The van der Waals surface area contributed by atoms with Crippen molar-refractivity contribution in [2.24, 2.45) is 5.92 Å². The Labute approximate surface area is 209 Å². The van der Waals surface area contributed by atoms with E-state index < -0.39 is 0 Å². The highest BCUT2D eigenvalue weighted by Gasteiger charge is 2.28. The summed E-state index contributed by atoms with van der Waals surface area (Å²) in [6.07, 6.45) is 4.63. The van der Waals surface area contributed by atoms with Gasteiger partial charge in [-0.15, -0.1) is 0 Å². The van der Waals surface area contributed by atoms with Crippen LogP contribution in [0.4, 0.5) is 11.4 Å². The number of unbranched alkanes of at least 4 members (excludes halogenated alkanes) is 2. The van der Waals surface area contributed by atoms with Crippen LogP contribution in [0.1, 0.15) is 37.3 Å². The first kappa shape index (κ1) is 24.0. The number of anilines is 2. The molecule has 2 N–H and O–H groups in total. The highest BCUT2D eigenvalue weighted by molar-refractivity contribution is 7.97. The van der Waals surface area contributed by atoms with Gasteiger partial charge in [-0.05, 0) is 60.2 Å². The molecule has 0 amide bonds. The van der Waals surface area contributed by atoms with E-state index in [1.807, 2.05) is 24.3 Å². The van der Waals surface area contributed by atoms with Gasteiger partial charge in [-0.25, -0.2) is 0 Å². The molecule has 1 atom stereocenters. The minimum absolute atomic E-state index is 0.332. The van der Waals surface area contributed by atoms with Crippen LogP contribution in [-0.4, -0.2) is 13.1 Å². The van der Waals surface area contributed by atoms with E-state index in [0.29, 0.717) is 5.92 Å². The smallest absolute Gasteiger partial charge is 0.0437 e. The van der Waals surface area contributed by atoms with E-state index in [9.17, 15) is 0 Å². The largest absolute Gasteiger partial charge is 0.371 e. The normalized spacial score (nSPS) is 14.9. The topological polar surface area (TPSA) is 27.3 Å². The fraction of sp³-hybridized carbons (Fsp3) is 0.267. The molecule has 0 saturated carbocycles. The lowest BCUT2D eigenvalue weighted by Crippen LogP contribution is -2.38. The molecule has 3 nitrogen and oxygen atoms in total. The van der Waals surface area contributed by atoms with Gasteiger partial charge in [-0.1, -0.05) is 87.5 Å². The monoisotopic (exact) mass is 469 g/mol. The number of rotatable bonds is 11. The molecule has 1 unspecified atom stereocenters. The third kappa shape index (κ3) is 6.06. The van der Waals surface area contributed by atoms with Gasteiger partial charge < -0.3 is 14.9 Å². The van der Waals surface area contributed by atoms with Crippen molar-refractivity contribution in [2.45, 2.75) is 37.5 Å². The summed E-state index contributed by atoms with van der Waals surface area (Å²) in [5.41, 5.74) is 6.93. The molecule has 0 fully saturated rings. The fourth-order valence-electron chi connectivity index (χ4n) is 4.45. The number of hydrogen-bond acceptors (Lipinski definition) is 4. The van der Waals surface area contributed by atoms with Crippen LogP contribution in [0.5, 0.6) is 0 Å². The molecule has 0 spiro atoms. The minimum Gasteiger partial charge on any atom is -0.371 e. The standard InChI is InChI=1S/C30H35N3S/c1-4-5-12-20-33-22-26(24(3)32-34-27-16-10-7-11-17-27)21-28-29(18-13-19-30(28)33)31-23(2)25-14-8-6-9-15-25/h6-11,13-19,26,31-32H,2-5,12,20-22H2,1H3. The molecule has 0 saturated heterocycles. The number of benzene rings is 3. The lowest BCUT2D eigenvalue weighted by molar-refractivity contribution is 0.534. The van der Waals surface area contributed by atoms with Crippen LogP contribution < -0.4 is 14.9 Å². The average Bonchev–Trinajstić information content (AvgIpc) is 2.88. The average molecular weight is 470 g/mol. The maximum absolute atomic E-state index is 4.44. The third-order valence-corrected chi connectivity index (χ3v) is 7.23. The summed E-state index contributed by atoms with van der Waals surface area (Å²) in [6, 6.07) is 27.3. The maximum atomic E-state index is 4.44. The Balaban J connectivity index is 1.54. The van der Waals surface area contributed by atoms with Gasteiger partial charge in [-0.3, -0.25) is 0 Å². The summed E-state index contributed by atoms with van der Waals surface area (Å²) in [5, 5.41) is 3.62. The van der Waals surface area contributed by atoms with Crippen molar-refractivity contribution < 1.29 is 0 Å². The maximum Gasteiger partial charge on any atom is 0.0437 e. The van der Waals surface area contributed by atoms with Gasteiger partial charge in [-0.2, -0.15) is 0 Å². The lowest BCUT2D eigenvalue weighted by atomic mass is 9.89. The third-order valence-electron chi connectivity index (χ3n) is 6.36. The number of nitrogens with zero attached hydrogens (tertiary/aromatic N) is 1. The first-order valence-electron chi connectivity index (χ1n) is 12.2. The van der Waals surface area contributed by atoms with Gasteiger partial charge in [0.15, 0.2) is 0 Å². The second kappa shape index (κ2) is 11.8. The molecule has 0 bridgehead atoms. The molecule has 34 heavy (non-hydrogen) atoms. The van der Waals surface area contributed by atoms with Crippen LogP contribution in [0.3, 0.4) is 0 Å². The second-order valence-electron chi connectivity index (χ2n) is 8.87. The van der Waals surface area contributed by atoms with Crippen LogP contribution in [0.25, 0.3) is 5.70 Å². The fourth-order valence-corrected chi connectivity index (χ4v) is 5.15. The Morgan fingerprint density at radius 1 is 0.941 bits per heavy atom. The van der Waals surface area contributed by atoms with E-state index in [1.54, 1.807) is 11.9 Å². The number of fused-ring (bicyclic) bond motifs is 1. The van der Waals surface area contributed by atoms with E-state index in [0.717, 1.165) is 42.2 Å². The van der Waals surface area contributed by atoms with Crippen LogP contribution in [0, 0.1) is 5.92 Å².